The summed E-state index contributed by atoms with van der Waals surface area (Å²) in [7, 11) is 0. The highest BCUT2D eigenvalue weighted by Gasteiger charge is 2.29. The van der Waals surface area contributed by atoms with E-state index in [1.807, 2.05) is 0 Å². The number of hydrogen-bond donors (Lipinski definition) is 1. The largest absolute Gasteiger partial charge is 0.376 e. The molecule has 1 aliphatic rings. The van der Waals surface area contributed by atoms with Crippen LogP contribution in [-0.2, 0) is 6.54 Å². The summed E-state index contributed by atoms with van der Waals surface area (Å²) in [6.07, 6.45) is 2.48. The van der Waals surface area contributed by atoms with Crippen molar-refractivity contribution in [2.75, 3.05) is 0 Å². The van der Waals surface area contributed by atoms with Gasteiger partial charge < -0.3 is 10.6 Å². The fourth-order valence-corrected chi connectivity index (χ4v) is 2.26. The Kier molecular flexibility index (Phi) is 2.51. The molecule has 0 radical (unpaired) electrons. The molecule has 1 aliphatic carbocycles. The Bertz CT molecular complexity index is 291. The number of hydrogen-bond acceptors (Lipinski definition) is 2. The summed E-state index contributed by atoms with van der Waals surface area (Å²) < 4.78 is 0. The Morgan fingerprint density at radius 3 is 2.92 bits per heavy atom. The molecule has 0 aliphatic heterocycles. The lowest BCUT2D eigenvalue weighted by Gasteiger charge is -2.21. The molecule has 1 fully saturated rings. The van der Waals surface area contributed by atoms with Crippen LogP contribution in [0.2, 0.25) is 0 Å². The smallest absolute Gasteiger partial charge is 0.166 e. The lowest BCUT2D eigenvalue weighted by Crippen LogP contribution is -2.36. The third kappa shape index (κ3) is 2.19. The van der Waals surface area contributed by atoms with Crippen molar-refractivity contribution in [3.8, 4) is 0 Å². The zero-order valence-electron chi connectivity index (χ0n) is 7.27. The van der Waals surface area contributed by atoms with Gasteiger partial charge in [-0.05, 0) is 36.5 Å². The van der Waals surface area contributed by atoms with Gasteiger partial charge in [0.1, 0.15) is 0 Å². The lowest BCUT2D eigenvalue weighted by molar-refractivity contribution is 0.410. The number of nitrogens with zero attached hydrogens (tertiary/aromatic N) is 1. The van der Waals surface area contributed by atoms with Crippen LogP contribution < -0.4 is 5.73 Å². The number of thiophene rings is 1. The predicted molar refractivity (Wildman–Crippen MR) is 59.7 cm³/mol. The molecule has 0 aromatic carbocycles. The Morgan fingerprint density at radius 2 is 2.46 bits per heavy atom. The molecule has 0 saturated heterocycles. The minimum atomic E-state index is 0.538. The maximum atomic E-state index is 5.66. The van der Waals surface area contributed by atoms with Crippen LogP contribution in [0.4, 0.5) is 0 Å². The number of nitrogens with two attached hydrogens (primary N) is 1. The van der Waals surface area contributed by atoms with Gasteiger partial charge in [0.25, 0.3) is 0 Å². The fourth-order valence-electron chi connectivity index (χ4n) is 1.34. The molecule has 0 amide bonds. The first-order valence-electron chi connectivity index (χ1n) is 4.36. The first-order chi connectivity index (χ1) is 6.27. The maximum absolute atomic E-state index is 5.66. The van der Waals surface area contributed by atoms with Crippen LogP contribution in [0.5, 0.6) is 0 Å². The Labute approximate surface area is 87.3 Å². The Hall–Kier alpha value is -0.610. The van der Waals surface area contributed by atoms with Gasteiger partial charge in [0.15, 0.2) is 5.11 Å². The van der Waals surface area contributed by atoms with E-state index in [2.05, 4.69) is 22.4 Å². The van der Waals surface area contributed by atoms with Crippen molar-refractivity contribution < 1.29 is 0 Å². The van der Waals surface area contributed by atoms with Crippen molar-refractivity contribution in [2.45, 2.75) is 25.4 Å². The van der Waals surface area contributed by atoms with Gasteiger partial charge in [-0.25, -0.2) is 0 Å². The van der Waals surface area contributed by atoms with Gasteiger partial charge in [-0.2, -0.15) is 0 Å². The summed E-state index contributed by atoms with van der Waals surface area (Å²) in [5, 5.41) is 2.62. The molecule has 0 atom stereocenters. The van der Waals surface area contributed by atoms with Crippen LogP contribution in [0.15, 0.2) is 17.5 Å². The minimum Gasteiger partial charge on any atom is -0.376 e. The van der Waals surface area contributed by atoms with Crippen molar-refractivity contribution in [3.63, 3.8) is 0 Å². The normalized spacial score (nSPS) is 15.7. The molecule has 70 valence electrons. The molecule has 2 rings (SSSR count). The number of rotatable bonds is 3. The molecule has 4 heteroatoms. The second-order valence-corrected chi connectivity index (χ2v) is 4.73. The predicted octanol–water partition coefficient (Wildman–Crippen LogP) is 1.96. The standard InChI is InChI=1S/C9H12N2S2/c10-9(12)11(7-3-4-7)6-8-2-1-5-13-8/h1-2,5,7H,3-4,6H2,(H2,10,12). The van der Waals surface area contributed by atoms with Gasteiger partial charge in [-0.15, -0.1) is 11.3 Å². The van der Waals surface area contributed by atoms with E-state index in [0.717, 1.165) is 6.54 Å². The maximum Gasteiger partial charge on any atom is 0.166 e. The Balaban J connectivity index is 2.01. The van der Waals surface area contributed by atoms with Crippen LogP contribution in [0.3, 0.4) is 0 Å². The van der Waals surface area contributed by atoms with Gasteiger partial charge in [0.2, 0.25) is 0 Å². The highest BCUT2D eigenvalue weighted by molar-refractivity contribution is 7.80. The number of thiocarbonyl (C=S) groups is 1. The second-order valence-electron chi connectivity index (χ2n) is 3.28. The van der Waals surface area contributed by atoms with E-state index in [9.17, 15) is 0 Å². The molecule has 1 saturated carbocycles. The van der Waals surface area contributed by atoms with Crippen molar-refractivity contribution in [1.29, 1.82) is 0 Å². The van der Waals surface area contributed by atoms with Gasteiger partial charge in [0, 0.05) is 10.9 Å². The van der Waals surface area contributed by atoms with E-state index in [-0.39, 0.29) is 0 Å². The molecule has 2 nitrogen and oxygen atoms in total. The molecule has 1 aromatic heterocycles. The van der Waals surface area contributed by atoms with Crippen molar-refractivity contribution in [2.24, 2.45) is 5.73 Å². The quantitative estimate of drug-likeness (QED) is 0.777. The summed E-state index contributed by atoms with van der Waals surface area (Å²) in [6, 6.07) is 4.79. The molecule has 13 heavy (non-hydrogen) atoms. The topological polar surface area (TPSA) is 29.3 Å². The molecule has 1 heterocycles. The summed E-state index contributed by atoms with van der Waals surface area (Å²) in [6.45, 7) is 0.887. The van der Waals surface area contributed by atoms with Gasteiger partial charge in [0.05, 0.1) is 6.54 Å². The second kappa shape index (κ2) is 3.64. The van der Waals surface area contributed by atoms with Gasteiger partial charge in [-0.1, -0.05) is 6.07 Å². The van der Waals surface area contributed by atoms with E-state index in [0.29, 0.717) is 11.2 Å². The molecule has 2 N–H and O–H groups in total. The molecule has 0 unspecified atom stereocenters. The minimum absolute atomic E-state index is 0.538. The molecule has 1 aromatic rings. The molecular weight excluding hydrogens is 200 g/mol. The van der Waals surface area contributed by atoms with Gasteiger partial charge in [-0.3, -0.25) is 0 Å². The molecular formula is C9H12N2S2. The first kappa shape index (κ1) is 8.97. The monoisotopic (exact) mass is 212 g/mol. The lowest BCUT2D eigenvalue weighted by atomic mass is 10.4. The third-order valence-corrected chi connectivity index (χ3v) is 3.27. The van der Waals surface area contributed by atoms with E-state index in [1.165, 1.54) is 17.7 Å². The molecule has 0 spiro atoms. The molecule has 0 bridgehead atoms. The summed E-state index contributed by atoms with van der Waals surface area (Å²) in [4.78, 5) is 3.46. The first-order valence-corrected chi connectivity index (χ1v) is 5.64. The van der Waals surface area contributed by atoms with Crippen molar-refractivity contribution >= 4 is 28.7 Å². The van der Waals surface area contributed by atoms with Crippen LogP contribution in [0.1, 0.15) is 17.7 Å². The van der Waals surface area contributed by atoms with E-state index in [4.69, 9.17) is 18.0 Å². The van der Waals surface area contributed by atoms with Crippen molar-refractivity contribution in [1.82, 2.24) is 4.90 Å². The zero-order valence-corrected chi connectivity index (χ0v) is 8.90. The SMILES string of the molecule is NC(=S)N(Cc1cccs1)C1CC1. The van der Waals surface area contributed by atoms with Crippen LogP contribution in [-0.4, -0.2) is 16.1 Å². The van der Waals surface area contributed by atoms with Crippen molar-refractivity contribution in [3.05, 3.63) is 22.4 Å². The van der Waals surface area contributed by atoms with E-state index >= 15 is 0 Å². The van der Waals surface area contributed by atoms with Crippen LogP contribution in [0, 0.1) is 0 Å². The fraction of sp³-hybridized carbons (Fsp3) is 0.444. The van der Waals surface area contributed by atoms with Crippen LogP contribution >= 0.6 is 23.6 Å². The highest BCUT2D eigenvalue weighted by atomic mass is 32.1. The average molecular weight is 212 g/mol. The third-order valence-electron chi connectivity index (χ3n) is 2.18. The summed E-state index contributed by atoms with van der Waals surface area (Å²) in [5.41, 5.74) is 5.66. The summed E-state index contributed by atoms with van der Waals surface area (Å²) >= 11 is 6.77. The summed E-state index contributed by atoms with van der Waals surface area (Å²) in [5.74, 6) is 0. The zero-order chi connectivity index (χ0) is 9.26. The van der Waals surface area contributed by atoms with E-state index in [1.54, 1.807) is 11.3 Å². The van der Waals surface area contributed by atoms with Gasteiger partial charge >= 0.3 is 0 Å². The average Bonchev–Trinajstić information content (AvgIpc) is 2.79. The highest BCUT2D eigenvalue weighted by Crippen LogP contribution is 2.28. The van der Waals surface area contributed by atoms with Crippen LogP contribution in [0.25, 0.3) is 0 Å². The Morgan fingerprint density at radius 1 is 1.69 bits per heavy atom. The van der Waals surface area contributed by atoms with E-state index < -0.39 is 0 Å².